The van der Waals surface area contributed by atoms with Crippen LogP contribution < -0.4 is 5.32 Å². The highest BCUT2D eigenvalue weighted by Gasteiger charge is 2.33. The Morgan fingerprint density at radius 2 is 1.88 bits per heavy atom. The van der Waals surface area contributed by atoms with Crippen LogP contribution in [0.15, 0.2) is 23.1 Å². The number of benzene rings is 1. The first-order valence-electron chi connectivity index (χ1n) is 7.83. The number of rotatable bonds is 5. The van der Waals surface area contributed by atoms with Gasteiger partial charge in [-0.15, -0.1) is 0 Å². The van der Waals surface area contributed by atoms with E-state index in [2.05, 4.69) is 14.8 Å². The van der Waals surface area contributed by atoms with Gasteiger partial charge in [-0.25, -0.2) is 18.0 Å². The van der Waals surface area contributed by atoms with E-state index < -0.39 is 22.0 Å². The molecule has 0 amide bonds. The predicted octanol–water partition coefficient (Wildman–Crippen LogP) is 0.632. The van der Waals surface area contributed by atoms with Crippen molar-refractivity contribution in [1.82, 2.24) is 9.62 Å². The van der Waals surface area contributed by atoms with Crippen LogP contribution in [0.3, 0.4) is 0 Å². The van der Waals surface area contributed by atoms with Crippen molar-refractivity contribution in [3.63, 3.8) is 0 Å². The summed E-state index contributed by atoms with van der Waals surface area (Å²) in [6, 6.07) is 3.80. The van der Waals surface area contributed by atoms with Gasteiger partial charge in [0.25, 0.3) is 0 Å². The van der Waals surface area contributed by atoms with Gasteiger partial charge in [0.05, 0.1) is 30.2 Å². The van der Waals surface area contributed by atoms with Gasteiger partial charge in [0.2, 0.25) is 10.0 Å². The molecule has 1 heterocycles. The maximum Gasteiger partial charge on any atom is 0.339 e. The second-order valence-electron chi connectivity index (χ2n) is 5.68. The van der Waals surface area contributed by atoms with Gasteiger partial charge >= 0.3 is 11.9 Å². The van der Waals surface area contributed by atoms with E-state index in [1.54, 1.807) is 7.05 Å². The van der Waals surface area contributed by atoms with E-state index >= 15 is 0 Å². The molecule has 25 heavy (non-hydrogen) atoms. The van der Waals surface area contributed by atoms with E-state index in [1.165, 1.54) is 30.7 Å². The molecule has 1 N–H and O–H groups in total. The maximum atomic E-state index is 13.1. The highest BCUT2D eigenvalue weighted by atomic mass is 32.2. The van der Waals surface area contributed by atoms with Crippen molar-refractivity contribution in [2.24, 2.45) is 0 Å². The molecule has 0 bridgehead atoms. The van der Waals surface area contributed by atoms with E-state index in [1.807, 2.05) is 0 Å². The number of nitrogens with one attached hydrogen (secondary N) is 1. The van der Waals surface area contributed by atoms with Gasteiger partial charge in [0.1, 0.15) is 0 Å². The predicted molar refractivity (Wildman–Crippen MR) is 90.0 cm³/mol. The van der Waals surface area contributed by atoms with Crippen LogP contribution in [0.4, 0.5) is 0 Å². The normalized spacial score (nSPS) is 18.6. The number of ether oxygens (including phenoxy) is 2. The molecule has 1 aromatic rings. The van der Waals surface area contributed by atoms with Gasteiger partial charge in [-0.05, 0) is 38.1 Å². The Bertz CT molecular complexity index is 762. The minimum atomic E-state index is -3.97. The lowest BCUT2D eigenvalue weighted by Gasteiger charge is -2.32. The highest BCUT2D eigenvalue weighted by molar-refractivity contribution is 7.89. The number of sulfonamides is 1. The van der Waals surface area contributed by atoms with Gasteiger partial charge in [0.15, 0.2) is 0 Å². The Labute approximate surface area is 147 Å². The molecule has 2 rings (SSSR count). The molecule has 0 aliphatic carbocycles. The zero-order valence-corrected chi connectivity index (χ0v) is 15.3. The third-order valence-electron chi connectivity index (χ3n) is 4.22. The van der Waals surface area contributed by atoms with Gasteiger partial charge in [-0.2, -0.15) is 4.31 Å². The quantitative estimate of drug-likeness (QED) is 0.759. The van der Waals surface area contributed by atoms with Crippen LogP contribution in [-0.4, -0.2) is 65.1 Å². The zero-order chi connectivity index (χ0) is 18.6. The number of methoxy groups -OCH3 is 2. The molecule has 1 fully saturated rings. The molecule has 9 heteroatoms. The summed E-state index contributed by atoms with van der Waals surface area (Å²) in [5.41, 5.74) is -0.0577. The molecule has 0 radical (unpaired) electrons. The van der Waals surface area contributed by atoms with Crippen LogP contribution in [0.25, 0.3) is 0 Å². The lowest BCUT2D eigenvalue weighted by atomic mass is 10.1. The lowest BCUT2D eigenvalue weighted by molar-refractivity contribution is 0.0583. The molecule has 0 saturated carbocycles. The average Bonchev–Trinajstić information content (AvgIpc) is 2.66. The SMILES string of the molecule is CNC1CCCN(S(=O)(=O)c2cc(C(=O)OC)ccc2C(=O)OC)C1. The summed E-state index contributed by atoms with van der Waals surface area (Å²) < 4.78 is 36.8. The Morgan fingerprint density at radius 3 is 2.48 bits per heavy atom. The first-order valence-corrected chi connectivity index (χ1v) is 9.27. The Hall–Kier alpha value is -1.97. The second-order valence-corrected chi connectivity index (χ2v) is 7.59. The third kappa shape index (κ3) is 4.00. The summed E-state index contributed by atoms with van der Waals surface area (Å²) in [5, 5.41) is 3.07. The molecule has 1 unspecified atom stereocenters. The van der Waals surface area contributed by atoms with E-state index in [-0.39, 0.29) is 22.1 Å². The molecule has 1 aromatic carbocycles. The smallest absolute Gasteiger partial charge is 0.339 e. The molecule has 1 saturated heterocycles. The maximum absolute atomic E-state index is 13.1. The van der Waals surface area contributed by atoms with Crippen molar-refractivity contribution >= 4 is 22.0 Å². The standard InChI is InChI=1S/C16H22N2O6S/c1-17-12-5-4-8-18(10-12)25(21,22)14-9-11(15(19)23-2)6-7-13(14)16(20)24-3/h6-7,9,12,17H,4-5,8,10H2,1-3H3. The van der Waals surface area contributed by atoms with E-state index in [0.717, 1.165) is 12.5 Å². The third-order valence-corrected chi connectivity index (χ3v) is 6.12. The summed E-state index contributed by atoms with van der Waals surface area (Å²) in [6.45, 7) is 0.644. The molecule has 1 atom stereocenters. The van der Waals surface area contributed by atoms with Crippen molar-refractivity contribution in [2.45, 2.75) is 23.8 Å². The van der Waals surface area contributed by atoms with Gasteiger partial charge < -0.3 is 14.8 Å². The van der Waals surface area contributed by atoms with Crippen LogP contribution in [0.2, 0.25) is 0 Å². The van der Waals surface area contributed by atoms with Gasteiger partial charge in [-0.1, -0.05) is 0 Å². The summed E-state index contributed by atoms with van der Waals surface area (Å²) in [6.07, 6.45) is 1.57. The fourth-order valence-electron chi connectivity index (χ4n) is 2.79. The largest absolute Gasteiger partial charge is 0.465 e. The van der Waals surface area contributed by atoms with Crippen molar-refractivity contribution in [3.8, 4) is 0 Å². The molecule has 0 aromatic heterocycles. The number of esters is 2. The number of carbonyl (C=O) groups is 2. The summed E-state index contributed by atoms with van der Waals surface area (Å²) in [4.78, 5) is 23.5. The summed E-state index contributed by atoms with van der Waals surface area (Å²) in [7, 11) is 0.179. The highest BCUT2D eigenvalue weighted by Crippen LogP contribution is 2.26. The fraction of sp³-hybridized carbons (Fsp3) is 0.500. The van der Waals surface area contributed by atoms with Crippen molar-refractivity contribution in [2.75, 3.05) is 34.4 Å². The Morgan fingerprint density at radius 1 is 1.20 bits per heavy atom. The number of hydrogen-bond donors (Lipinski definition) is 1. The van der Waals surface area contributed by atoms with Crippen LogP contribution >= 0.6 is 0 Å². The zero-order valence-electron chi connectivity index (χ0n) is 14.4. The van der Waals surface area contributed by atoms with Crippen LogP contribution in [0.1, 0.15) is 33.6 Å². The fourth-order valence-corrected chi connectivity index (χ4v) is 4.52. The van der Waals surface area contributed by atoms with Crippen LogP contribution in [0, 0.1) is 0 Å². The molecule has 1 aliphatic heterocycles. The summed E-state index contributed by atoms with van der Waals surface area (Å²) in [5.74, 6) is -1.46. The molecule has 8 nitrogen and oxygen atoms in total. The first-order chi connectivity index (χ1) is 11.8. The van der Waals surface area contributed by atoms with Crippen molar-refractivity contribution in [1.29, 1.82) is 0 Å². The topological polar surface area (TPSA) is 102 Å². The molecular weight excluding hydrogens is 348 g/mol. The number of nitrogens with zero attached hydrogens (tertiary/aromatic N) is 1. The minimum absolute atomic E-state index is 0.0360. The first kappa shape index (κ1) is 19.4. The number of carbonyl (C=O) groups excluding carboxylic acids is 2. The van der Waals surface area contributed by atoms with Crippen molar-refractivity contribution < 1.29 is 27.5 Å². The average molecular weight is 370 g/mol. The van der Waals surface area contributed by atoms with E-state index in [0.29, 0.717) is 19.5 Å². The monoisotopic (exact) mass is 370 g/mol. The Kier molecular flexibility index (Phi) is 6.15. The van der Waals surface area contributed by atoms with Gasteiger partial charge in [0, 0.05) is 19.1 Å². The number of likely N-dealkylation sites (N-methyl/N-ethyl adjacent to an activating group) is 1. The van der Waals surface area contributed by atoms with E-state index in [9.17, 15) is 18.0 Å². The number of hydrogen-bond acceptors (Lipinski definition) is 7. The molecule has 138 valence electrons. The van der Waals surface area contributed by atoms with Crippen LogP contribution in [-0.2, 0) is 19.5 Å². The molecule has 0 spiro atoms. The Balaban J connectivity index is 2.52. The number of piperidine rings is 1. The molecule has 1 aliphatic rings. The second kappa shape index (κ2) is 7.94. The minimum Gasteiger partial charge on any atom is -0.465 e. The summed E-state index contributed by atoms with van der Waals surface area (Å²) >= 11 is 0. The van der Waals surface area contributed by atoms with Crippen molar-refractivity contribution in [3.05, 3.63) is 29.3 Å². The lowest BCUT2D eigenvalue weighted by Crippen LogP contribution is -2.47. The van der Waals surface area contributed by atoms with Crippen LogP contribution in [0.5, 0.6) is 0 Å². The van der Waals surface area contributed by atoms with E-state index in [4.69, 9.17) is 0 Å². The van der Waals surface area contributed by atoms with Gasteiger partial charge in [-0.3, -0.25) is 0 Å². The molecular formula is C16H22N2O6S.